The molecule has 0 unspecified atom stereocenters. The molecule has 13 heavy (non-hydrogen) atoms. The number of hydrogen-bond acceptors (Lipinski definition) is 5. The van der Waals surface area contributed by atoms with E-state index >= 15 is 0 Å². The molecule has 0 fully saturated rings. The topological polar surface area (TPSA) is 222 Å². The molecule has 0 saturated carbocycles. The largest absolute Gasteiger partial charge is 1.00 e. The van der Waals surface area contributed by atoms with Crippen LogP contribution in [0, 0.1) is 0 Å². The van der Waals surface area contributed by atoms with E-state index in [2.05, 4.69) is 0 Å². The van der Waals surface area contributed by atoms with Crippen molar-refractivity contribution in [2.24, 2.45) is 0 Å². The molecule has 0 rings (SSSR count). The predicted octanol–water partition coefficient (Wildman–Crippen LogP) is -4.14. The van der Waals surface area contributed by atoms with Gasteiger partial charge in [0.15, 0.2) is 0 Å². The smallest absolute Gasteiger partial charge is 1.00 e. The second kappa shape index (κ2) is 11.0. The zero-order chi connectivity index (χ0) is 9.00. The maximum Gasteiger partial charge on any atom is 1.00 e. The first-order valence-corrected chi connectivity index (χ1v) is 4.44. The molecule has 10 nitrogen and oxygen atoms in total. The maximum atomic E-state index is 8.88. The van der Waals surface area contributed by atoms with Crippen LogP contribution in [-0.4, -0.2) is 32.2 Å². The van der Waals surface area contributed by atoms with Gasteiger partial charge in [-0.05, 0) is 0 Å². The van der Waals surface area contributed by atoms with Crippen LogP contribution in [0.4, 0.5) is 0 Å². The minimum absolute atomic E-state index is 0. The molecule has 0 aliphatic heterocycles. The molecule has 0 heterocycles. The Morgan fingerprint density at radius 3 is 1.00 bits per heavy atom. The van der Waals surface area contributed by atoms with E-state index in [1.807, 2.05) is 0 Å². The van der Waals surface area contributed by atoms with Gasteiger partial charge >= 0.3 is 47.8 Å². The minimum atomic E-state index is -4.67. The van der Waals surface area contributed by atoms with Crippen molar-refractivity contribution in [3.05, 3.63) is 0 Å². The Bertz CT molecular complexity index is 205. The molecule has 13 heteroatoms. The maximum absolute atomic E-state index is 8.88. The van der Waals surface area contributed by atoms with Crippen molar-refractivity contribution in [3.63, 3.8) is 0 Å². The van der Waals surface area contributed by atoms with E-state index in [0.29, 0.717) is 0 Å². The summed E-state index contributed by atoms with van der Waals surface area (Å²) in [5.41, 5.74) is 0. The summed E-state index contributed by atoms with van der Waals surface area (Å²) in [4.78, 5) is 21.6. The van der Waals surface area contributed by atoms with Crippen LogP contribution in [0.2, 0.25) is 0 Å². The second-order valence-electron chi connectivity index (χ2n) is 0.961. The van der Waals surface area contributed by atoms with Crippen LogP contribution in [0.15, 0.2) is 0 Å². The van der Waals surface area contributed by atoms with Crippen LogP contribution >= 0.6 is 7.82 Å². The fourth-order valence-corrected chi connectivity index (χ4v) is 0. The Morgan fingerprint density at radius 2 is 1.00 bits per heavy atom. The Labute approximate surface area is 98.1 Å². The molecule has 82 valence electrons. The van der Waals surface area contributed by atoms with E-state index in [9.17, 15) is 0 Å². The number of phosphoric acid groups is 1. The quantitative estimate of drug-likeness (QED) is 0.125. The number of rotatable bonds is 0. The third kappa shape index (κ3) is 1890. The van der Waals surface area contributed by atoms with Gasteiger partial charge in [0.1, 0.15) is 0 Å². The molecule has 0 aliphatic rings. The van der Waals surface area contributed by atoms with Gasteiger partial charge in [0.25, 0.3) is 0 Å². The van der Waals surface area contributed by atoms with Gasteiger partial charge in [-0.1, -0.05) is 0 Å². The molecular weight excluding hydrogens is 242 g/mol. The first-order chi connectivity index (χ1) is 4.00. The summed E-state index contributed by atoms with van der Waals surface area (Å²) in [5, 5.41) is 0. The van der Waals surface area contributed by atoms with Gasteiger partial charge in [-0.2, -0.15) is 8.42 Å². The molecule has 11 N–H and O–H groups in total. The fraction of sp³-hybridized carbons (Fsp3) is 0. The van der Waals surface area contributed by atoms with Crippen LogP contribution in [0.3, 0.4) is 0 Å². The summed E-state index contributed by atoms with van der Waals surface area (Å²) in [7, 11) is -9.31. The van der Waals surface area contributed by atoms with Gasteiger partial charge < -0.3 is 28.4 Å². The average molecular weight is 254 g/mol. The van der Waals surface area contributed by atoms with Crippen LogP contribution < -0.4 is 41.9 Å². The van der Waals surface area contributed by atoms with E-state index in [4.69, 9.17) is 36.8 Å². The number of hydrogen-bond donors (Lipinski definition) is 7. The standard InChI is InChI=1S/2H3N.Na.H3O4P.H2O4S.H/c;;;2*1-5(2,3)4;/h2*1H3;;(H3,1,2,3,4);(H2,1,2,3,4);/q;;+1;;;-1. The van der Waals surface area contributed by atoms with Gasteiger partial charge in [0, 0.05) is 0 Å². The molecule has 0 aliphatic carbocycles. The molecule has 0 radical (unpaired) electrons. The van der Waals surface area contributed by atoms with Crippen molar-refractivity contribution < 1.29 is 67.8 Å². The molecular formula is H12N2NaO8PS. The van der Waals surface area contributed by atoms with Crippen molar-refractivity contribution in [2.45, 2.75) is 0 Å². The zero-order valence-corrected chi connectivity index (χ0v) is 10.4. The molecule has 0 saturated heterocycles. The monoisotopic (exact) mass is 254 g/mol. The Kier molecular flexibility index (Phi) is 24.7. The van der Waals surface area contributed by atoms with Crippen molar-refractivity contribution in [1.82, 2.24) is 12.3 Å². The second-order valence-corrected chi connectivity index (χ2v) is 2.88. The van der Waals surface area contributed by atoms with E-state index in [1.165, 1.54) is 0 Å². The van der Waals surface area contributed by atoms with Crippen LogP contribution in [-0.2, 0) is 15.0 Å². The Balaban J connectivity index is -0.0000000178. The van der Waals surface area contributed by atoms with Crippen molar-refractivity contribution in [1.29, 1.82) is 0 Å². The molecule has 0 spiro atoms. The van der Waals surface area contributed by atoms with E-state index in [1.54, 1.807) is 0 Å². The Hall–Kier alpha value is 0.900. The zero-order valence-electron chi connectivity index (χ0n) is 7.73. The van der Waals surface area contributed by atoms with Crippen LogP contribution in [0.5, 0.6) is 0 Å². The summed E-state index contributed by atoms with van der Waals surface area (Å²) < 4.78 is 40.5. The third-order valence-corrected chi connectivity index (χ3v) is 0. The molecule has 0 aromatic carbocycles. The van der Waals surface area contributed by atoms with Crippen molar-refractivity contribution in [2.75, 3.05) is 0 Å². The third-order valence-electron chi connectivity index (χ3n) is 0. The van der Waals surface area contributed by atoms with Gasteiger partial charge in [0.2, 0.25) is 0 Å². The SMILES string of the molecule is N.N.O=P(O)(O)O.O=S(=O)(O)O.[H-].[Na+]. The molecule has 0 atom stereocenters. The van der Waals surface area contributed by atoms with E-state index in [-0.39, 0.29) is 43.3 Å². The molecule has 0 aromatic rings. The summed E-state index contributed by atoms with van der Waals surface area (Å²) >= 11 is 0. The molecule has 0 aromatic heterocycles. The normalized spacial score (nSPS) is 9.00. The van der Waals surface area contributed by atoms with Crippen molar-refractivity contribution in [3.8, 4) is 0 Å². The minimum Gasteiger partial charge on any atom is -1.00 e. The summed E-state index contributed by atoms with van der Waals surface area (Å²) in [5.74, 6) is 0. The van der Waals surface area contributed by atoms with Gasteiger partial charge in [-0.3, -0.25) is 9.11 Å². The first-order valence-electron chi connectivity index (χ1n) is 1.48. The molecule has 0 bridgehead atoms. The first kappa shape index (κ1) is 29.2. The van der Waals surface area contributed by atoms with Crippen molar-refractivity contribution >= 4 is 18.2 Å². The van der Waals surface area contributed by atoms with Gasteiger partial charge in [-0.15, -0.1) is 0 Å². The molecule has 0 amide bonds. The van der Waals surface area contributed by atoms with Crippen LogP contribution in [0.25, 0.3) is 0 Å². The Morgan fingerprint density at radius 1 is 1.00 bits per heavy atom. The van der Waals surface area contributed by atoms with E-state index in [0.717, 1.165) is 0 Å². The average Bonchev–Trinajstić information content (AvgIpc) is 1.12. The summed E-state index contributed by atoms with van der Waals surface area (Å²) in [6, 6.07) is 0. The van der Waals surface area contributed by atoms with Gasteiger partial charge in [-0.25, -0.2) is 4.57 Å². The fourth-order valence-electron chi connectivity index (χ4n) is 0. The van der Waals surface area contributed by atoms with Crippen LogP contribution in [0.1, 0.15) is 1.43 Å². The summed E-state index contributed by atoms with van der Waals surface area (Å²) in [6.07, 6.45) is 0. The van der Waals surface area contributed by atoms with Gasteiger partial charge in [0.05, 0.1) is 0 Å². The summed E-state index contributed by atoms with van der Waals surface area (Å²) in [6.45, 7) is 0. The predicted molar refractivity (Wildman–Crippen MR) is 39.6 cm³/mol. The van der Waals surface area contributed by atoms with E-state index < -0.39 is 18.2 Å².